The molecule has 0 atom stereocenters. The van der Waals surface area contributed by atoms with E-state index in [1.165, 1.54) is 7.11 Å². The number of hydrogen-bond acceptors (Lipinski definition) is 6. The summed E-state index contributed by atoms with van der Waals surface area (Å²) in [6, 6.07) is 11.9. The van der Waals surface area contributed by atoms with Crippen LogP contribution in [0.25, 0.3) is 0 Å². The van der Waals surface area contributed by atoms with Crippen molar-refractivity contribution in [2.75, 3.05) is 31.1 Å². The molecule has 0 fully saturated rings. The summed E-state index contributed by atoms with van der Waals surface area (Å²) in [6.07, 6.45) is 0. The molecule has 2 aromatic rings. The second kappa shape index (κ2) is 6.91. The smallest absolute Gasteiger partial charge is 0.337 e. The topological polar surface area (TPSA) is 85.9 Å². The van der Waals surface area contributed by atoms with Crippen LogP contribution in [0.4, 0.5) is 11.4 Å². The van der Waals surface area contributed by atoms with E-state index < -0.39 is 5.97 Å². The molecule has 2 N–H and O–H groups in total. The Bertz CT molecular complexity index is 775. The van der Waals surface area contributed by atoms with Gasteiger partial charge in [-0.05, 0) is 30.3 Å². The fraction of sp³-hybridized carbons (Fsp3) is 0.176. The number of benzene rings is 2. The van der Waals surface area contributed by atoms with Crippen molar-refractivity contribution in [3.05, 3.63) is 48.0 Å². The maximum atomic E-state index is 12.0. The van der Waals surface area contributed by atoms with Crippen LogP contribution in [0, 0.1) is 0 Å². The minimum atomic E-state index is -0.454. The van der Waals surface area contributed by atoms with Crippen LogP contribution in [0.3, 0.4) is 0 Å². The van der Waals surface area contributed by atoms with Crippen molar-refractivity contribution in [1.29, 1.82) is 0 Å². The molecule has 0 saturated carbocycles. The van der Waals surface area contributed by atoms with Crippen LogP contribution in [-0.4, -0.2) is 32.3 Å². The number of ether oxygens (including phenoxy) is 3. The zero-order valence-corrected chi connectivity index (χ0v) is 13.0. The van der Waals surface area contributed by atoms with Crippen LogP contribution in [0.2, 0.25) is 0 Å². The Labute approximate surface area is 138 Å². The number of fused-ring (bicyclic) bond motifs is 1. The predicted octanol–water partition coefficient (Wildman–Crippen LogP) is 2.25. The van der Waals surface area contributed by atoms with Crippen LogP contribution < -0.4 is 20.1 Å². The second-order valence-electron chi connectivity index (χ2n) is 5.04. The maximum Gasteiger partial charge on any atom is 0.337 e. The molecule has 0 saturated heterocycles. The number of carbonyl (C=O) groups is 2. The van der Waals surface area contributed by atoms with Gasteiger partial charge in [0.2, 0.25) is 12.7 Å². The van der Waals surface area contributed by atoms with Gasteiger partial charge >= 0.3 is 5.97 Å². The first-order valence-electron chi connectivity index (χ1n) is 7.27. The minimum absolute atomic E-state index is 0.0715. The first-order chi connectivity index (χ1) is 11.7. The molecule has 7 heteroatoms. The highest BCUT2D eigenvalue weighted by Crippen LogP contribution is 2.34. The van der Waals surface area contributed by atoms with Crippen molar-refractivity contribution in [2.45, 2.75) is 0 Å². The van der Waals surface area contributed by atoms with Gasteiger partial charge in [-0.15, -0.1) is 0 Å². The van der Waals surface area contributed by atoms with Gasteiger partial charge in [-0.2, -0.15) is 0 Å². The number of amides is 1. The summed E-state index contributed by atoms with van der Waals surface area (Å²) in [6.45, 7) is 0.276. The summed E-state index contributed by atoms with van der Waals surface area (Å²) >= 11 is 0. The minimum Gasteiger partial charge on any atom is -0.465 e. The highest BCUT2D eigenvalue weighted by Gasteiger charge is 2.13. The highest BCUT2D eigenvalue weighted by atomic mass is 16.7. The van der Waals surface area contributed by atoms with Crippen LogP contribution in [0.15, 0.2) is 42.5 Å². The Morgan fingerprint density at radius 2 is 1.92 bits per heavy atom. The normalized spacial score (nSPS) is 11.7. The van der Waals surface area contributed by atoms with Gasteiger partial charge in [0, 0.05) is 17.4 Å². The van der Waals surface area contributed by atoms with Crippen molar-refractivity contribution in [1.82, 2.24) is 0 Å². The lowest BCUT2D eigenvalue weighted by Gasteiger charge is -2.09. The molecule has 24 heavy (non-hydrogen) atoms. The van der Waals surface area contributed by atoms with Crippen LogP contribution in [0.1, 0.15) is 10.4 Å². The highest BCUT2D eigenvalue weighted by molar-refractivity contribution is 5.96. The molecule has 0 spiro atoms. The number of nitrogens with one attached hydrogen (secondary N) is 2. The number of anilines is 2. The molecule has 1 heterocycles. The van der Waals surface area contributed by atoms with Crippen LogP contribution in [-0.2, 0) is 9.53 Å². The number of rotatable bonds is 5. The van der Waals surface area contributed by atoms with E-state index in [2.05, 4.69) is 15.4 Å². The van der Waals surface area contributed by atoms with Crippen LogP contribution in [0.5, 0.6) is 11.5 Å². The summed E-state index contributed by atoms with van der Waals surface area (Å²) in [7, 11) is 1.31. The zero-order chi connectivity index (χ0) is 16.9. The van der Waals surface area contributed by atoms with Crippen LogP contribution >= 0.6 is 0 Å². The summed E-state index contributed by atoms with van der Waals surface area (Å²) in [5.74, 6) is 0.634. The Morgan fingerprint density at radius 3 is 2.75 bits per heavy atom. The van der Waals surface area contributed by atoms with E-state index in [0.29, 0.717) is 22.7 Å². The molecule has 0 radical (unpaired) electrons. The standard InChI is InChI=1S/C17H16N2O5/c1-22-17(21)11-3-2-4-13(7-11)19-16(20)9-18-12-5-6-14-15(8-12)24-10-23-14/h2-8,18H,9-10H2,1H3,(H,19,20). The third kappa shape index (κ3) is 3.57. The summed E-state index contributed by atoms with van der Waals surface area (Å²) < 4.78 is 15.2. The molecule has 3 rings (SSSR count). The van der Waals surface area contributed by atoms with E-state index in [1.807, 2.05) is 0 Å². The zero-order valence-electron chi connectivity index (χ0n) is 13.0. The fourth-order valence-corrected chi connectivity index (χ4v) is 2.24. The number of hydrogen-bond donors (Lipinski definition) is 2. The summed E-state index contributed by atoms with van der Waals surface area (Å²) in [5, 5.41) is 5.72. The quantitative estimate of drug-likeness (QED) is 0.819. The Morgan fingerprint density at radius 1 is 1.08 bits per heavy atom. The average molecular weight is 328 g/mol. The maximum absolute atomic E-state index is 12.0. The largest absolute Gasteiger partial charge is 0.465 e. The first kappa shape index (κ1) is 15.7. The first-order valence-corrected chi connectivity index (χ1v) is 7.27. The Hall–Kier alpha value is -3.22. The lowest BCUT2D eigenvalue weighted by molar-refractivity contribution is -0.114. The van der Waals surface area contributed by atoms with Gasteiger partial charge in [0.15, 0.2) is 11.5 Å². The van der Waals surface area contributed by atoms with Gasteiger partial charge < -0.3 is 24.8 Å². The molecule has 0 bridgehead atoms. The van der Waals surface area contributed by atoms with E-state index in [1.54, 1.807) is 42.5 Å². The molecule has 2 aromatic carbocycles. The molecule has 1 aliphatic rings. The monoisotopic (exact) mass is 328 g/mol. The third-order valence-corrected chi connectivity index (χ3v) is 3.39. The lowest BCUT2D eigenvalue weighted by Crippen LogP contribution is -2.21. The van der Waals surface area contributed by atoms with Crippen molar-refractivity contribution < 1.29 is 23.8 Å². The van der Waals surface area contributed by atoms with E-state index >= 15 is 0 Å². The van der Waals surface area contributed by atoms with E-state index in [-0.39, 0.29) is 19.2 Å². The molecule has 7 nitrogen and oxygen atoms in total. The molecule has 0 aliphatic carbocycles. The second-order valence-corrected chi connectivity index (χ2v) is 5.04. The Kier molecular flexibility index (Phi) is 4.51. The molecule has 0 unspecified atom stereocenters. The van der Waals surface area contributed by atoms with Gasteiger partial charge in [0.25, 0.3) is 0 Å². The lowest BCUT2D eigenvalue weighted by atomic mass is 10.2. The molecule has 1 aliphatic heterocycles. The Balaban J connectivity index is 1.57. The third-order valence-electron chi connectivity index (χ3n) is 3.39. The van der Waals surface area contributed by atoms with Gasteiger partial charge in [0.1, 0.15) is 0 Å². The predicted molar refractivity (Wildman–Crippen MR) is 87.5 cm³/mol. The molecular formula is C17H16N2O5. The average Bonchev–Trinajstić information content (AvgIpc) is 3.07. The summed E-state index contributed by atoms with van der Waals surface area (Å²) in [4.78, 5) is 23.5. The van der Waals surface area contributed by atoms with E-state index in [0.717, 1.165) is 5.69 Å². The van der Waals surface area contributed by atoms with Gasteiger partial charge in [-0.25, -0.2) is 4.79 Å². The van der Waals surface area contributed by atoms with Crippen molar-refractivity contribution in [3.63, 3.8) is 0 Å². The number of carbonyl (C=O) groups excluding carboxylic acids is 2. The number of esters is 1. The molecule has 124 valence electrons. The van der Waals surface area contributed by atoms with E-state index in [4.69, 9.17) is 9.47 Å². The summed E-state index contributed by atoms with van der Waals surface area (Å²) in [5.41, 5.74) is 1.65. The van der Waals surface area contributed by atoms with Gasteiger partial charge in [-0.3, -0.25) is 4.79 Å². The van der Waals surface area contributed by atoms with Gasteiger partial charge in [0.05, 0.1) is 19.2 Å². The van der Waals surface area contributed by atoms with Crippen molar-refractivity contribution >= 4 is 23.3 Å². The fourth-order valence-electron chi connectivity index (χ4n) is 2.24. The van der Waals surface area contributed by atoms with Gasteiger partial charge in [-0.1, -0.05) is 6.07 Å². The van der Waals surface area contributed by atoms with E-state index in [9.17, 15) is 9.59 Å². The SMILES string of the molecule is COC(=O)c1cccc(NC(=O)CNc2ccc3c(c2)OCO3)c1. The number of methoxy groups -OCH3 is 1. The molecule has 1 amide bonds. The molecule has 0 aromatic heterocycles. The van der Waals surface area contributed by atoms with Crippen molar-refractivity contribution in [3.8, 4) is 11.5 Å². The molecular weight excluding hydrogens is 312 g/mol. The van der Waals surface area contributed by atoms with Crippen molar-refractivity contribution in [2.24, 2.45) is 0 Å².